The van der Waals surface area contributed by atoms with Gasteiger partial charge in [-0.15, -0.1) is 0 Å². The normalized spacial score (nSPS) is 20.2. The van der Waals surface area contributed by atoms with Crippen molar-refractivity contribution >= 4 is 5.78 Å². The second-order valence-corrected chi connectivity index (χ2v) is 5.28. The average Bonchev–Trinajstić information content (AvgIpc) is 2.72. The molecule has 1 nitrogen and oxygen atoms in total. The van der Waals surface area contributed by atoms with Gasteiger partial charge in [-0.3, -0.25) is 4.79 Å². The third-order valence-corrected chi connectivity index (χ3v) is 3.64. The molecule has 0 atom stereocenters. The van der Waals surface area contributed by atoms with E-state index in [1.54, 1.807) is 0 Å². The number of hydrogen-bond donors (Lipinski definition) is 0. The van der Waals surface area contributed by atoms with E-state index in [1.807, 2.05) is 0 Å². The van der Waals surface area contributed by atoms with E-state index in [1.165, 1.54) is 38.5 Å². The molecule has 0 heterocycles. The highest BCUT2D eigenvalue weighted by molar-refractivity contribution is 6.10. The Morgan fingerprint density at radius 1 is 0.833 bits per heavy atom. The number of Topliss-reactive ketones (excluding diaryl/α,β-unsaturated/α-hetero) is 1. The first kappa shape index (κ1) is 15.2. The van der Waals surface area contributed by atoms with E-state index in [0.717, 1.165) is 36.8 Å². The van der Waals surface area contributed by atoms with Crippen LogP contribution in [0.4, 0.5) is 0 Å². The van der Waals surface area contributed by atoms with Gasteiger partial charge in [0.05, 0.1) is 0 Å². The van der Waals surface area contributed by atoms with Gasteiger partial charge >= 0.3 is 0 Å². The molecule has 0 saturated heterocycles. The maximum Gasteiger partial charge on any atom is 0.184 e. The van der Waals surface area contributed by atoms with Gasteiger partial charge in [0.1, 0.15) is 0 Å². The first-order chi connectivity index (χ1) is 8.79. The first-order valence-electron chi connectivity index (χ1n) is 7.72. The van der Waals surface area contributed by atoms with Crippen LogP contribution in [-0.2, 0) is 4.79 Å². The number of unbranched alkanes of at least 4 members (excludes halogenated alkanes) is 6. The molecule has 102 valence electrons. The quantitative estimate of drug-likeness (QED) is 0.417. The molecule has 1 fully saturated rings. The van der Waals surface area contributed by atoms with Crippen LogP contribution in [0.3, 0.4) is 0 Å². The molecule has 18 heavy (non-hydrogen) atoms. The fourth-order valence-corrected chi connectivity index (χ4v) is 2.43. The lowest BCUT2D eigenvalue weighted by atomic mass is 10.1. The van der Waals surface area contributed by atoms with Crippen molar-refractivity contribution in [1.82, 2.24) is 0 Å². The molecule has 0 unspecified atom stereocenters. The van der Waals surface area contributed by atoms with Gasteiger partial charge in [0.25, 0.3) is 0 Å². The van der Waals surface area contributed by atoms with Crippen LogP contribution < -0.4 is 0 Å². The summed E-state index contributed by atoms with van der Waals surface area (Å²) in [4.78, 5) is 12.1. The van der Waals surface area contributed by atoms with Crippen molar-refractivity contribution in [2.24, 2.45) is 0 Å². The topological polar surface area (TPSA) is 17.1 Å². The Labute approximate surface area is 112 Å². The Balaban J connectivity index is 2.36. The van der Waals surface area contributed by atoms with Gasteiger partial charge in [-0.2, -0.15) is 0 Å². The molecule has 1 aliphatic rings. The van der Waals surface area contributed by atoms with Crippen molar-refractivity contribution in [1.29, 1.82) is 0 Å². The molecule has 0 bridgehead atoms. The summed E-state index contributed by atoms with van der Waals surface area (Å²) in [5.74, 6) is 0.336. The summed E-state index contributed by atoms with van der Waals surface area (Å²) in [7, 11) is 0. The number of ketones is 1. The summed E-state index contributed by atoms with van der Waals surface area (Å²) in [5.41, 5.74) is 2.15. The summed E-state index contributed by atoms with van der Waals surface area (Å²) in [6.45, 7) is 4.43. The molecule has 0 aromatic heterocycles. The van der Waals surface area contributed by atoms with E-state index in [2.05, 4.69) is 26.0 Å². The number of carbonyl (C=O) groups excluding carboxylic acids is 1. The van der Waals surface area contributed by atoms with E-state index in [0.29, 0.717) is 5.78 Å². The highest BCUT2D eigenvalue weighted by Gasteiger charge is 2.21. The van der Waals surface area contributed by atoms with Crippen molar-refractivity contribution in [3.63, 3.8) is 0 Å². The molecule has 0 N–H and O–H groups in total. The fraction of sp³-hybridized carbons (Fsp3) is 0.706. The molecular weight excluding hydrogens is 220 g/mol. The van der Waals surface area contributed by atoms with E-state index < -0.39 is 0 Å². The first-order valence-corrected chi connectivity index (χ1v) is 7.72. The molecular formula is C17H28O. The highest BCUT2D eigenvalue weighted by Crippen LogP contribution is 2.27. The number of rotatable bonds is 8. The number of hydrogen-bond acceptors (Lipinski definition) is 1. The summed E-state index contributed by atoms with van der Waals surface area (Å²) < 4.78 is 0. The molecule has 1 heteroatoms. The van der Waals surface area contributed by atoms with Crippen LogP contribution in [0.5, 0.6) is 0 Å². The molecule has 1 saturated carbocycles. The molecule has 0 aromatic carbocycles. The van der Waals surface area contributed by atoms with Gasteiger partial charge in [-0.05, 0) is 49.7 Å². The van der Waals surface area contributed by atoms with Gasteiger partial charge in [-0.25, -0.2) is 0 Å². The molecule has 0 aliphatic heterocycles. The minimum Gasteiger partial charge on any atom is -0.289 e. The highest BCUT2D eigenvalue weighted by atomic mass is 16.1. The standard InChI is InChI=1S/C17H28O/c1-3-5-7-9-11-15-13-14-16(17(15)18)12-10-8-6-4-2/h11-12H,3-10,13-14H2,1-2H3/b15-11-,16-12+. The van der Waals surface area contributed by atoms with E-state index >= 15 is 0 Å². The predicted molar refractivity (Wildman–Crippen MR) is 78.7 cm³/mol. The second-order valence-electron chi connectivity index (χ2n) is 5.28. The fourth-order valence-electron chi connectivity index (χ4n) is 2.43. The zero-order valence-corrected chi connectivity index (χ0v) is 12.1. The van der Waals surface area contributed by atoms with Gasteiger partial charge in [-0.1, -0.05) is 51.7 Å². The van der Waals surface area contributed by atoms with Crippen LogP contribution in [0.15, 0.2) is 23.3 Å². The Bertz CT molecular complexity index is 280. The zero-order valence-electron chi connectivity index (χ0n) is 12.1. The van der Waals surface area contributed by atoms with Crippen LogP contribution in [0, 0.1) is 0 Å². The Morgan fingerprint density at radius 2 is 1.28 bits per heavy atom. The van der Waals surface area contributed by atoms with Crippen LogP contribution in [0.1, 0.15) is 78.1 Å². The van der Waals surface area contributed by atoms with Crippen molar-refractivity contribution < 1.29 is 4.79 Å². The maximum absolute atomic E-state index is 12.1. The Hall–Kier alpha value is -0.850. The third-order valence-electron chi connectivity index (χ3n) is 3.64. The Morgan fingerprint density at radius 3 is 1.67 bits per heavy atom. The van der Waals surface area contributed by atoms with Gasteiger partial charge in [0.15, 0.2) is 5.78 Å². The Kier molecular flexibility index (Phi) is 7.71. The van der Waals surface area contributed by atoms with Crippen LogP contribution in [0.2, 0.25) is 0 Å². The summed E-state index contributed by atoms with van der Waals surface area (Å²) in [6, 6.07) is 0. The largest absolute Gasteiger partial charge is 0.289 e. The maximum atomic E-state index is 12.1. The minimum atomic E-state index is 0.336. The molecule has 1 aliphatic carbocycles. The van der Waals surface area contributed by atoms with Crippen molar-refractivity contribution in [3.05, 3.63) is 23.3 Å². The SMILES string of the molecule is CCCCC/C=C1/CC/C(=C\CCCCC)C1=O. The lowest BCUT2D eigenvalue weighted by Gasteiger charge is -1.97. The van der Waals surface area contributed by atoms with Crippen LogP contribution in [-0.4, -0.2) is 5.78 Å². The van der Waals surface area contributed by atoms with Crippen molar-refractivity contribution in [3.8, 4) is 0 Å². The van der Waals surface area contributed by atoms with Crippen molar-refractivity contribution in [2.45, 2.75) is 78.1 Å². The molecule has 0 aromatic rings. The zero-order chi connectivity index (χ0) is 13.2. The average molecular weight is 248 g/mol. The third kappa shape index (κ3) is 5.20. The summed E-state index contributed by atoms with van der Waals surface area (Å²) >= 11 is 0. The lowest BCUT2D eigenvalue weighted by molar-refractivity contribution is -0.111. The summed E-state index contributed by atoms with van der Waals surface area (Å²) in [6.07, 6.45) is 16.0. The molecule has 0 amide bonds. The number of allylic oxidation sites excluding steroid dienone is 4. The lowest BCUT2D eigenvalue weighted by Crippen LogP contribution is -1.95. The van der Waals surface area contributed by atoms with E-state index in [4.69, 9.17) is 0 Å². The van der Waals surface area contributed by atoms with E-state index in [-0.39, 0.29) is 0 Å². The predicted octanol–water partition coefficient (Wildman–Crippen LogP) is 5.36. The van der Waals surface area contributed by atoms with Gasteiger partial charge in [0.2, 0.25) is 0 Å². The monoisotopic (exact) mass is 248 g/mol. The van der Waals surface area contributed by atoms with Crippen molar-refractivity contribution in [2.75, 3.05) is 0 Å². The van der Waals surface area contributed by atoms with Crippen LogP contribution in [0.25, 0.3) is 0 Å². The minimum absolute atomic E-state index is 0.336. The van der Waals surface area contributed by atoms with E-state index in [9.17, 15) is 4.79 Å². The molecule has 0 spiro atoms. The van der Waals surface area contributed by atoms with Gasteiger partial charge < -0.3 is 0 Å². The van der Waals surface area contributed by atoms with Gasteiger partial charge in [0, 0.05) is 0 Å². The second kappa shape index (κ2) is 9.13. The number of carbonyl (C=O) groups is 1. The van der Waals surface area contributed by atoms with Crippen LogP contribution >= 0.6 is 0 Å². The summed E-state index contributed by atoms with van der Waals surface area (Å²) in [5, 5.41) is 0. The molecule has 0 radical (unpaired) electrons. The molecule has 1 rings (SSSR count). The smallest absolute Gasteiger partial charge is 0.184 e.